The normalized spacial score (nSPS) is 17.7. The van der Waals surface area contributed by atoms with Gasteiger partial charge in [-0.05, 0) is 30.9 Å². The van der Waals surface area contributed by atoms with Gasteiger partial charge in [-0.25, -0.2) is 9.97 Å². The lowest BCUT2D eigenvalue weighted by Crippen LogP contribution is -2.44. The SMILES string of the molecule is O=C(CCc1ccccc1)N1CCCC(Oc2ncccn2)C1. The first kappa shape index (κ1) is 15.5. The number of aromatic nitrogens is 2. The van der Waals surface area contributed by atoms with E-state index in [1.807, 2.05) is 23.1 Å². The van der Waals surface area contributed by atoms with Crippen LogP contribution in [0, 0.1) is 0 Å². The molecular weight excluding hydrogens is 290 g/mol. The molecule has 23 heavy (non-hydrogen) atoms. The molecule has 0 spiro atoms. The number of amides is 1. The lowest BCUT2D eigenvalue weighted by molar-refractivity contribution is -0.133. The van der Waals surface area contributed by atoms with E-state index in [4.69, 9.17) is 4.74 Å². The Labute approximate surface area is 136 Å². The predicted octanol–water partition coefficient (Wildman–Crippen LogP) is 2.48. The van der Waals surface area contributed by atoms with Crippen molar-refractivity contribution in [2.45, 2.75) is 31.8 Å². The van der Waals surface area contributed by atoms with E-state index in [9.17, 15) is 4.79 Å². The van der Waals surface area contributed by atoms with Crippen LogP contribution in [0.25, 0.3) is 0 Å². The average Bonchev–Trinajstić information content (AvgIpc) is 2.62. The molecule has 1 unspecified atom stereocenters. The van der Waals surface area contributed by atoms with E-state index in [0.29, 0.717) is 19.0 Å². The maximum absolute atomic E-state index is 12.4. The van der Waals surface area contributed by atoms with Crippen molar-refractivity contribution in [1.82, 2.24) is 14.9 Å². The van der Waals surface area contributed by atoms with Crippen molar-refractivity contribution in [1.29, 1.82) is 0 Å². The molecule has 0 radical (unpaired) electrons. The number of hydrogen-bond donors (Lipinski definition) is 0. The Bertz CT molecular complexity index is 619. The standard InChI is InChI=1S/C18H21N3O2/c22-17(10-9-15-6-2-1-3-7-15)21-13-4-8-16(14-21)23-18-19-11-5-12-20-18/h1-3,5-7,11-12,16H,4,8-10,13-14H2. The van der Waals surface area contributed by atoms with E-state index >= 15 is 0 Å². The molecular formula is C18H21N3O2. The second kappa shape index (κ2) is 7.72. The predicted molar refractivity (Wildman–Crippen MR) is 87.0 cm³/mol. The van der Waals surface area contributed by atoms with Crippen LogP contribution >= 0.6 is 0 Å². The van der Waals surface area contributed by atoms with Gasteiger partial charge >= 0.3 is 6.01 Å². The molecule has 1 amide bonds. The van der Waals surface area contributed by atoms with Crippen molar-refractivity contribution in [3.05, 3.63) is 54.4 Å². The minimum absolute atomic E-state index is 0.0215. The Hall–Kier alpha value is -2.43. The number of aryl methyl sites for hydroxylation is 1. The van der Waals surface area contributed by atoms with Gasteiger partial charge < -0.3 is 9.64 Å². The number of carbonyl (C=O) groups excluding carboxylic acids is 1. The van der Waals surface area contributed by atoms with Gasteiger partial charge in [-0.3, -0.25) is 4.79 Å². The molecule has 0 bridgehead atoms. The Kier molecular flexibility index (Phi) is 5.19. The summed E-state index contributed by atoms with van der Waals surface area (Å²) in [5.74, 6) is 0.191. The molecule has 3 rings (SSSR count). The lowest BCUT2D eigenvalue weighted by Gasteiger charge is -2.32. The van der Waals surface area contributed by atoms with Gasteiger partial charge in [0.1, 0.15) is 6.10 Å². The van der Waals surface area contributed by atoms with Crippen LogP contribution in [0.3, 0.4) is 0 Å². The van der Waals surface area contributed by atoms with E-state index in [1.54, 1.807) is 18.5 Å². The van der Waals surface area contributed by atoms with Crippen molar-refractivity contribution >= 4 is 5.91 Å². The minimum atomic E-state index is -0.0215. The zero-order chi connectivity index (χ0) is 15.9. The van der Waals surface area contributed by atoms with Gasteiger partial charge in [-0.2, -0.15) is 0 Å². The van der Waals surface area contributed by atoms with Gasteiger partial charge in [0.15, 0.2) is 0 Å². The van der Waals surface area contributed by atoms with Gasteiger partial charge in [-0.1, -0.05) is 30.3 Å². The first-order chi connectivity index (χ1) is 11.3. The number of likely N-dealkylation sites (tertiary alicyclic amines) is 1. The second-order valence-corrected chi connectivity index (χ2v) is 5.74. The van der Waals surface area contributed by atoms with E-state index in [1.165, 1.54) is 5.56 Å². The van der Waals surface area contributed by atoms with E-state index < -0.39 is 0 Å². The highest BCUT2D eigenvalue weighted by atomic mass is 16.5. The smallest absolute Gasteiger partial charge is 0.316 e. The zero-order valence-corrected chi connectivity index (χ0v) is 13.1. The summed E-state index contributed by atoms with van der Waals surface area (Å²) in [7, 11) is 0. The summed E-state index contributed by atoms with van der Waals surface area (Å²) in [5, 5.41) is 0. The number of nitrogens with zero attached hydrogens (tertiary/aromatic N) is 3. The van der Waals surface area contributed by atoms with Crippen molar-refractivity contribution in [3.63, 3.8) is 0 Å². The molecule has 120 valence electrons. The molecule has 5 heteroatoms. The zero-order valence-electron chi connectivity index (χ0n) is 13.1. The maximum Gasteiger partial charge on any atom is 0.316 e. The Morgan fingerprint density at radius 3 is 2.74 bits per heavy atom. The molecule has 1 aliphatic rings. The fraction of sp³-hybridized carbons (Fsp3) is 0.389. The minimum Gasteiger partial charge on any atom is -0.458 e. The largest absolute Gasteiger partial charge is 0.458 e. The first-order valence-corrected chi connectivity index (χ1v) is 8.06. The molecule has 1 fully saturated rings. The molecule has 1 aliphatic heterocycles. The average molecular weight is 311 g/mol. The van der Waals surface area contributed by atoms with Crippen LogP contribution in [0.15, 0.2) is 48.8 Å². The van der Waals surface area contributed by atoms with Gasteiger partial charge in [0.05, 0.1) is 6.54 Å². The summed E-state index contributed by atoms with van der Waals surface area (Å²) in [6.45, 7) is 1.43. The van der Waals surface area contributed by atoms with Crippen LogP contribution in [0.4, 0.5) is 0 Å². The molecule has 2 heterocycles. The van der Waals surface area contributed by atoms with Crippen LogP contribution in [0.1, 0.15) is 24.8 Å². The summed E-state index contributed by atoms with van der Waals surface area (Å²) in [6, 6.07) is 12.3. The number of carbonyl (C=O) groups is 1. The topological polar surface area (TPSA) is 55.3 Å². The Morgan fingerprint density at radius 1 is 1.17 bits per heavy atom. The maximum atomic E-state index is 12.4. The number of hydrogen-bond acceptors (Lipinski definition) is 4. The molecule has 1 aromatic heterocycles. The van der Waals surface area contributed by atoms with Crippen LogP contribution < -0.4 is 4.74 Å². The van der Waals surface area contributed by atoms with Gasteiger partial charge in [0.25, 0.3) is 0 Å². The van der Waals surface area contributed by atoms with Crippen molar-refractivity contribution in [3.8, 4) is 6.01 Å². The third kappa shape index (κ3) is 4.52. The van der Waals surface area contributed by atoms with E-state index in [-0.39, 0.29) is 12.0 Å². The van der Waals surface area contributed by atoms with Crippen LogP contribution in [0.5, 0.6) is 6.01 Å². The summed E-state index contributed by atoms with van der Waals surface area (Å²) in [5.41, 5.74) is 1.20. The van der Waals surface area contributed by atoms with E-state index in [0.717, 1.165) is 25.8 Å². The number of rotatable bonds is 5. The van der Waals surface area contributed by atoms with Crippen molar-refractivity contribution < 1.29 is 9.53 Å². The molecule has 1 aromatic carbocycles. The molecule has 2 aromatic rings. The van der Waals surface area contributed by atoms with Crippen LogP contribution in [-0.4, -0.2) is 40.0 Å². The fourth-order valence-electron chi connectivity index (χ4n) is 2.81. The highest BCUT2D eigenvalue weighted by Crippen LogP contribution is 2.16. The van der Waals surface area contributed by atoms with Crippen LogP contribution in [0.2, 0.25) is 0 Å². The van der Waals surface area contributed by atoms with Crippen molar-refractivity contribution in [2.75, 3.05) is 13.1 Å². The molecule has 0 aliphatic carbocycles. The molecule has 5 nitrogen and oxygen atoms in total. The highest BCUT2D eigenvalue weighted by Gasteiger charge is 2.25. The van der Waals surface area contributed by atoms with E-state index in [2.05, 4.69) is 22.1 Å². The molecule has 0 saturated carbocycles. The van der Waals surface area contributed by atoms with Crippen molar-refractivity contribution in [2.24, 2.45) is 0 Å². The summed E-state index contributed by atoms with van der Waals surface area (Å²) in [6.07, 6.45) is 6.51. The van der Waals surface area contributed by atoms with Gasteiger partial charge in [0.2, 0.25) is 5.91 Å². The third-order valence-electron chi connectivity index (χ3n) is 4.02. The summed E-state index contributed by atoms with van der Waals surface area (Å²) >= 11 is 0. The fourth-order valence-corrected chi connectivity index (χ4v) is 2.81. The number of ether oxygens (including phenoxy) is 1. The Balaban J connectivity index is 1.50. The lowest BCUT2D eigenvalue weighted by atomic mass is 10.1. The Morgan fingerprint density at radius 2 is 1.96 bits per heavy atom. The van der Waals surface area contributed by atoms with Gasteiger partial charge in [0, 0.05) is 25.4 Å². The third-order valence-corrected chi connectivity index (χ3v) is 4.02. The molecule has 1 atom stereocenters. The summed E-state index contributed by atoms with van der Waals surface area (Å²) in [4.78, 5) is 22.5. The quantitative estimate of drug-likeness (QED) is 0.851. The monoisotopic (exact) mass is 311 g/mol. The second-order valence-electron chi connectivity index (χ2n) is 5.74. The highest BCUT2D eigenvalue weighted by molar-refractivity contribution is 5.76. The molecule has 0 N–H and O–H groups in total. The first-order valence-electron chi connectivity index (χ1n) is 8.06. The van der Waals surface area contributed by atoms with Gasteiger partial charge in [-0.15, -0.1) is 0 Å². The number of piperidine rings is 1. The summed E-state index contributed by atoms with van der Waals surface area (Å²) < 4.78 is 5.78. The molecule has 1 saturated heterocycles. The van der Waals surface area contributed by atoms with Crippen LogP contribution in [-0.2, 0) is 11.2 Å². The number of benzene rings is 1.